The van der Waals surface area contributed by atoms with Gasteiger partial charge in [0, 0.05) is 10.0 Å². The Labute approximate surface area is 187 Å². The highest BCUT2D eigenvalue weighted by Gasteiger charge is 2.20. The van der Waals surface area contributed by atoms with Gasteiger partial charge < -0.3 is 0 Å². The maximum Gasteiger partial charge on any atom is 0.271 e. The number of benzene rings is 2. The van der Waals surface area contributed by atoms with E-state index < -0.39 is 21.8 Å². The molecule has 0 radical (unpaired) electrons. The van der Waals surface area contributed by atoms with Crippen LogP contribution in [0.15, 0.2) is 64.2 Å². The minimum Gasteiger partial charge on any atom is -0.278 e. The standard InChI is InChI=1S/C19H15Cl2N3O4S2/c20-14-6-3-7-15(21)13(14)11-17(25)22-23-19(26)12-5-1-2-8-16(12)24-30(27,28)18-9-4-10-29-18/h1-10,24H,11H2,(H,22,25)(H,23,26). The molecule has 1 heterocycles. The molecule has 0 bridgehead atoms. The van der Waals surface area contributed by atoms with Crippen LogP contribution in [0.25, 0.3) is 0 Å². The van der Waals surface area contributed by atoms with Gasteiger partial charge >= 0.3 is 0 Å². The first-order valence-electron chi connectivity index (χ1n) is 8.45. The molecule has 3 N–H and O–H groups in total. The molecule has 7 nitrogen and oxygen atoms in total. The smallest absolute Gasteiger partial charge is 0.271 e. The average molecular weight is 484 g/mol. The van der Waals surface area contributed by atoms with Crippen LogP contribution in [0.1, 0.15) is 15.9 Å². The van der Waals surface area contributed by atoms with Crippen LogP contribution in [0, 0.1) is 0 Å². The Morgan fingerprint density at radius 3 is 2.27 bits per heavy atom. The number of hydrogen-bond acceptors (Lipinski definition) is 5. The predicted molar refractivity (Wildman–Crippen MR) is 117 cm³/mol. The van der Waals surface area contributed by atoms with Gasteiger partial charge in [0.1, 0.15) is 4.21 Å². The molecule has 156 valence electrons. The molecule has 0 atom stereocenters. The van der Waals surface area contributed by atoms with E-state index in [1.807, 2.05) is 0 Å². The van der Waals surface area contributed by atoms with Gasteiger partial charge in [0.25, 0.3) is 15.9 Å². The number of para-hydroxylation sites is 1. The molecule has 2 aromatic carbocycles. The van der Waals surface area contributed by atoms with E-state index in [2.05, 4.69) is 15.6 Å². The second kappa shape index (κ2) is 9.48. The SMILES string of the molecule is O=C(Cc1c(Cl)cccc1Cl)NNC(=O)c1ccccc1NS(=O)(=O)c1cccs1. The van der Waals surface area contributed by atoms with Crippen molar-refractivity contribution in [3.05, 3.63) is 81.1 Å². The summed E-state index contributed by atoms with van der Waals surface area (Å²) in [6, 6.07) is 14.0. The van der Waals surface area contributed by atoms with E-state index in [9.17, 15) is 18.0 Å². The van der Waals surface area contributed by atoms with E-state index in [-0.39, 0.29) is 21.9 Å². The summed E-state index contributed by atoms with van der Waals surface area (Å²) in [6.45, 7) is 0. The monoisotopic (exact) mass is 483 g/mol. The lowest BCUT2D eigenvalue weighted by Crippen LogP contribution is -2.42. The Kier molecular flexibility index (Phi) is 6.99. The van der Waals surface area contributed by atoms with Crippen LogP contribution < -0.4 is 15.6 Å². The predicted octanol–water partition coefficient (Wildman–Crippen LogP) is 3.86. The third-order valence-electron chi connectivity index (χ3n) is 3.89. The number of sulfonamides is 1. The summed E-state index contributed by atoms with van der Waals surface area (Å²) in [5.41, 5.74) is 5.07. The molecule has 0 aliphatic heterocycles. The fraction of sp³-hybridized carbons (Fsp3) is 0.0526. The van der Waals surface area contributed by atoms with E-state index in [1.54, 1.807) is 41.8 Å². The van der Waals surface area contributed by atoms with Gasteiger partial charge in [-0.15, -0.1) is 11.3 Å². The van der Waals surface area contributed by atoms with Gasteiger partial charge in [-0.2, -0.15) is 0 Å². The third kappa shape index (κ3) is 5.31. The Morgan fingerprint density at radius 1 is 0.900 bits per heavy atom. The van der Waals surface area contributed by atoms with Crippen molar-refractivity contribution in [1.29, 1.82) is 0 Å². The van der Waals surface area contributed by atoms with Crippen molar-refractivity contribution in [3.8, 4) is 0 Å². The molecule has 0 fully saturated rings. The highest BCUT2D eigenvalue weighted by Crippen LogP contribution is 2.25. The quantitative estimate of drug-likeness (QED) is 0.462. The second-order valence-corrected chi connectivity index (χ2v) is 9.63. The van der Waals surface area contributed by atoms with Gasteiger partial charge in [-0.1, -0.05) is 47.5 Å². The van der Waals surface area contributed by atoms with Crippen LogP contribution in [-0.4, -0.2) is 20.2 Å². The normalized spacial score (nSPS) is 11.0. The van der Waals surface area contributed by atoms with Gasteiger partial charge in [0.2, 0.25) is 5.91 Å². The summed E-state index contributed by atoms with van der Waals surface area (Å²) in [6.07, 6.45) is -0.147. The number of carbonyl (C=O) groups excluding carboxylic acids is 2. The zero-order valence-electron chi connectivity index (χ0n) is 15.2. The van der Waals surface area contributed by atoms with E-state index in [4.69, 9.17) is 23.2 Å². The maximum atomic E-state index is 12.5. The summed E-state index contributed by atoms with van der Waals surface area (Å²) in [5.74, 6) is -1.24. The van der Waals surface area contributed by atoms with Gasteiger partial charge in [-0.25, -0.2) is 8.42 Å². The van der Waals surface area contributed by atoms with Crippen molar-refractivity contribution in [2.75, 3.05) is 4.72 Å². The zero-order chi connectivity index (χ0) is 21.7. The molecule has 11 heteroatoms. The maximum absolute atomic E-state index is 12.5. The second-order valence-electron chi connectivity index (χ2n) is 5.96. The fourth-order valence-electron chi connectivity index (χ4n) is 2.48. The first-order chi connectivity index (χ1) is 14.3. The summed E-state index contributed by atoms with van der Waals surface area (Å²) in [5, 5.41) is 2.29. The Balaban J connectivity index is 1.68. The van der Waals surface area contributed by atoms with Crippen LogP contribution in [0.2, 0.25) is 10.0 Å². The number of hydrogen-bond donors (Lipinski definition) is 3. The number of amides is 2. The van der Waals surface area contributed by atoms with Gasteiger partial charge in [-0.05, 0) is 41.3 Å². The van der Waals surface area contributed by atoms with Gasteiger partial charge in [-0.3, -0.25) is 25.2 Å². The molecule has 0 unspecified atom stereocenters. The van der Waals surface area contributed by atoms with Crippen molar-refractivity contribution in [2.45, 2.75) is 10.6 Å². The van der Waals surface area contributed by atoms with Gasteiger partial charge in [0.15, 0.2) is 0 Å². The molecule has 3 aromatic rings. The molecule has 0 aliphatic carbocycles. The summed E-state index contributed by atoms with van der Waals surface area (Å²) < 4.78 is 27.4. The number of nitrogens with one attached hydrogen (secondary N) is 3. The van der Waals surface area contributed by atoms with E-state index in [0.717, 1.165) is 11.3 Å². The largest absolute Gasteiger partial charge is 0.278 e. The fourth-order valence-corrected chi connectivity index (χ4v) is 5.09. The highest BCUT2D eigenvalue weighted by molar-refractivity contribution is 7.94. The number of thiophene rings is 1. The number of carbonyl (C=O) groups is 2. The topological polar surface area (TPSA) is 104 Å². The van der Waals surface area contributed by atoms with Crippen LogP contribution in [0.3, 0.4) is 0 Å². The molecular formula is C19H15Cl2N3O4S2. The van der Waals surface area contributed by atoms with Crippen molar-refractivity contribution in [3.63, 3.8) is 0 Å². The molecule has 0 aliphatic rings. The van der Waals surface area contributed by atoms with E-state index >= 15 is 0 Å². The van der Waals surface area contributed by atoms with Crippen molar-refractivity contribution in [2.24, 2.45) is 0 Å². The van der Waals surface area contributed by atoms with Crippen molar-refractivity contribution < 1.29 is 18.0 Å². The van der Waals surface area contributed by atoms with Gasteiger partial charge in [0.05, 0.1) is 17.7 Å². The first-order valence-corrected chi connectivity index (χ1v) is 11.6. The minimum absolute atomic E-state index is 0.0358. The molecule has 3 rings (SSSR count). The number of anilines is 1. The lowest BCUT2D eigenvalue weighted by molar-refractivity contribution is -0.121. The summed E-state index contributed by atoms with van der Waals surface area (Å²) in [4.78, 5) is 24.7. The molecule has 2 amide bonds. The highest BCUT2D eigenvalue weighted by atomic mass is 35.5. The molecule has 1 aromatic heterocycles. The van der Waals surface area contributed by atoms with E-state index in [1.165, 1.54) is 18.2 Å². The lowest BCUT2D eigenvalue weighted by atomic mass is 10.1. The molecular weight excluding hydrogens is 469 g/mol. The Bertz CT molecular complexity index is 1160. The molecule has 0 saturated heterocycles. The number of hydrazine groups is 1. The average Bonchev–Trinajstić information content (AvgIpc) is 3.25. The van der Waals surface area contributed by atoms with Crippen molar-refractivity contribution >= 4 is 62.1 Å². The first kappa shape index (κ1) is 22.1. The van der Waals surface area contributed by atoms with Crippen molar-refractivity contribution in [1.82, 2.24) is 10.9 Å². The van der Waals surface area contributed by atoms with Crippen LogP contribution >= 0.6 is 34.5 Å². The minimum atomic E-state index is -3.84. The van der Waals surface area contributed by atoms with Crippen LogP contribution in [-0.2, 0) is 21.2 Å². The zero-order valence-corrected chi connectivity index (χ0v) is 18.3. The lowest BCUT2D eigenvalue weighted by Gasteiger charge is -2.13. The van der Waals surface area contributed by atoms with Crippen LogP contribution in [0.5, 0.6) is 0 Å². The Morgan fingerprint density at radius 2 is 1.60 bits per heavy atom. The molecule has 0 spiro atoms. The third-order valence-corrected chi connectivity index (χ3v) is 7.36. The molecule has 0 saturated carbocycles. The summed E-state index contributed by atoms with van der Waals surface area (Å²) >= 11 is 13.1. The summed E-state index contributed by atoms with van der Waals surface area (Å²) in [7, 11) is -3.84. The number of rotatable bonds is 6. The Hall–Kier alpha value is -2.59. The van der Waals surface area contributed by atoms with Crippen LogP contribution in [0.4, 0.5) is 5.69 Å². The molecule has 30 heavy (non-hydrogen) atoms. The van der Waals surface area contributed by atoms with E-state index in [0.29, 0.717) is 15.6 Å². The number of halogens is 2.